The number of aliphatic imine (C=N–C) groups is 1. The lowest BCUT2D eigenvalue weighted by molar-refractivity contribution is 0.437. The molecular weight excluding hydrogens is 446 g/mol. The fourth-order valence-electron chi connectivity index (χ4n) is 4.47. The summed E-state index contributed by atoms with van der Waals surface area (Å²) in [5, 5.41) is 26.3. The topological polar surface area (TPSA) is 137 Å². The molecule has 1 unspecified atom stereocenters. The predicted molar refractivity (Wildman–Crippen MR) is 129 cm³/mol. The molecular formula is C23H27N11O. The van der Waals surface area contributed by atoms with Crippen molar-refractivity contribution in [2.45, 2.75) is 58.0 Å². The summed E-state index contributed by atoms with van der Waals surface area (Å²) in [6.45, 7) is 6.50. The summed E-state index contributed by atoms with van der Waals surface area (Å²) in [5.74, 6) is 1.00. The molecule has 4 heterocycles. The van der Waals surface area contributed by atoms with Gasteiger partial charge >= 0.3 is 5.69 Å². The maximum atomic E-state index is 13.8. The third kappa shape index (κ3) is 4.11. The number of hydrogen-bond donors (Lipinski definition) is 1. The number of aromatic amines is 1. The summed E-state index contributed by atoms with van der Waals surface area (Å²) in [6.07, 6.45) is 9.93. The number of hydrogen-bond acceptors (Lipinski definition) is 8. The Labute approximate surface area is 201 Å². The monoisotopic (exact) mass is 473 g/mol. The van der Waals surface area contributed by atoms with Gasteiger partial charge in [0.25, 0.3) is 5.95 Å². The first-order valence-corrected chi connectivity index (χ1v) is 11.7. The number of tetrazole rings is 2. The molecule has 5 rings (SSSR count). The zero-order valence-electron chi connectivity index (χ0n) is 19.9. The van der Waals surface area contributed by atoms with Gasteiger partial charge in [-0.2, -0.15) is 0 Å². The van der Waals surface area contributed by atoms with Crippen molar-refractivity contribution < 1.29 is 0 Å². The number of benzene rings is 1. The maximum Gasteiger partial charge on any atom is 0.335 e. The number of H-pyrrole nitrogens is 1. The van der Waals surface area contributed by atoms with Crippen LogP contribution in [-0.4, -0.2) is 56.2 Å². The molecule has 4 aromatic rings. The van der Waals surface area contributed by atoms with Gasteiger partial charge in [-0.1, -0.05) is 42.7 Å². The van der Waals surface area contributed by atoms with E-state index >= 15 is 0 Å². The zero-order chi connectivity index (χ0) is 24.4. The van der Waals surface area contributed by atoms with Gasteiger partial charge in [0.05, 0.1) is 6.04 Å². The first-order chi connectivity index (χ1) is 17.0. The lowest BCUT2D eigenvalue weighted by Gasteiger charge is -2.32. The van der Waals surface area contributed by atoms with Crippen LogP contribution in [0.5, 0.6) is 0 Å². The van der Waals surface area contributed by atoms with Crippen LogP contribution >= 0.6 is 0 Å². The normalized spacial score (nSPS) is 17.5. The van der Waals surface area contributed by atoms with Crippen LogP contribution in [0.1, 0.15) is 50.9 Å². The van der Waals surface area contributed by atoms with E-state index in [1.807, 2.05) is 43.0 Å². The Morgan fingerprint density at radius 3 is 2.80 bits per heavy atom. The lowest BCUT2D eigenvalue weighted by Crippen LogP contribution is -2.37. The number of aromatic nitrogens is 10. The van der Waals surface area contributed by atoms with E-state index in [9.17, 15) is 4.79 Å². The second-order valence-electron chi connectivity index (χ2n) is 8.96. The molecule has 35 heavy (non-hydrogen) atoms. The van der Waals surface area contributed by atoms with Crippen molar-refractivity contribution in [2.24, 2.45) is 4.99 Å². The van der Waals surface area contributed by atoms with Gasteiger partial charge in [-0.05, 0) is 59.2 Å². The quantitative estimate of drug-likeness (QED) is 0.414. The molecule has 0 saturated carbocycles. The van der Waals surface area contributed by atoms with Crippen LogP contribution in [0.4, 0.5) is 0 Å². The van der Waals surface area contributed by atoms with Crippen molar-refractivity contribution in [3.8, 4) is 17.3 Å². The summed E-state index contributed by atoms with van der Waals surface area (Å²) >= 11 is 0. The molecule has 0 fully saturated rings. The van der Waals surface area contributed by atoms with E-state index in [1.165, 1.54) is 0 Å². The maximum absolute atomic E-state index is 13.8. The fourth-order valence-corrected chi connectivity index (χ4v) is 4.47. The Balaban J connectivity index is 1.61. The molecule has 1 aromatic carbocycles. The van der Waals surface area contributed by atoms with Gasteiger partial charge in [0, 0.05) is 41.8 Å². The molecule has 0 amide bonds. The van der Waals surface area contributed by atoms with Crippen LogP contribution in [0.25, 0.3) is 17.3 Å². The SMILES string of the molecule is CCCc1cn(-c2nnnn2C(C)C)c(=O)n1CC1(c2cccc(-c3nnn[nH]3)c2)C=CN=CC1. The van der Waals surface area contributed by atoms with E-state index < -0.39 is 5.41 Å². The molecule has 3 aromatic heterocycles. The molecule has 180 valence electrons. The van der Waals surface area contributed by atoms with E-state index in [-0.39, 0.29) is 11.7 Å². The minimum absolute atomic E-state index is 0.0158. The second kappa shape index (κ2) is 9.20. The third-order valence-corrected chi connectivity index (χ3v) is 6.29. The molecule has 12 heteroatoms. The van der Waals surface area contributed by atoms with Crippen molar-refractivity contribution in [1.82, 2.24) is 50.0 Å². The standard InChI is InChI=1S/C23H27N11O/c1-4-6-19-14-32(21-27-30-31-34(21)16(2)3)22(35)33(19)15-23(9-11-24-12-10-23)18-8-5-7-17(13-18)20-25-28-29-26-20/h5,7-9,11-14,16H,4,6,10,15H2,1-3H3,(H,25,26,28,29). The Kier molecular flexibility index (Phi) is 5.93. The highest BCUT2D eigenvalue weighted by Crippen LogP contribution is 2.35. The number of allylic oxidation sites excluding steroid dienone is 1. The van der Waals surface area contributed by atoms with Crippen LogP contribution in [-0.2, 0) is 18.4 Å². The van der Waals surface area contributed by atoms with E-state index in [2.05, 4.69) is 66.3 Å². The molecule has 0 spiro atoms. The van der Waals surface area contributed by atoms with Crippen LogP contribution in [0, 0.1) is 0 Å². The number of nitrogens with zero attached hydrogens (tertiary/aromatic N) is 10. The van der Waals surface area contributed by atoms with E-state index in [4.69, 9.17) is 0 Å². The molecule has 0 saturated heterocycles. The third-order valence-electron chi connectivity index (χ3n) is 6.29. The highest BCUT2D eigenvalue weighted by atomic mass is 16.2. The average molecular weight is 474 g/mol. The largest absolute Gasteiger partial charge is 0.335 e. The minimum atomic E-state index is -0.478. The second-order valence-corrected chi connectivity index (χ2v) is 8.96. The summed E-state index contributed by atoms with van der Waals surface area (Å²) in [7, 11) is 0. The van der Waals surface area contributed by atoms with Crippen molar-refractivity contribution in [3.05, 3.63) is 64.5 Å². The fraction of sp³-hybridized carbons (Fsp3) is 0.391. The molecule has 0 aliphatic carbocycles. The van der Waals surface area contributed by atoms with Gasteiger partial charge in [-0.15, -0.1) is 5.10 Å². The van der Waals surface area contributed by atoms with Crippen LogP contribution in [0.2, 0.25) is 0 Å². The number of aryl methyl sites for hydroxylation is 1. The number of imidazole rings is 1. The highest BCUT2D eigenvalue weighted by Gasteiger charge is 2.33. The average Bonchev–Trinajstić information content (AvgIpc) is 3.63. The molecule has 1 N–H and O–H groups in total. The highest BCUT2D eigenvalue weighted by molar-refractivity contribution is 5.65. The van der Waals surface area contributed by atoms with Gasteiger partial charge < -0.3 is 0 Å². The van der Waals surface area contributed by atoms with Crippen molar-refractivity contribution in [1.29, 1.82) is 0 Å². The van der Waals surface area contributed by atoms with Gasteiger partial charge in [-0.25, -0.2) is 19.1 Å². The zero-order valence-corrected chi connectivity index (χ0v) is 19.9. The molecule has 0 bridgehead atoms. The smallest absolute Gasteiger partial charge is 0.295 e. The first kappa shape index (κ1) is 22.6. The van der Waals surface area contributed by atoms with Gasteiger partial charge in [0.2, 0.25) is 0 Å². The summed E-state index contributed by atoms with van der Waals surface area (Å²) < 4.78 is 5.05. The van der Waals surface area contributed by atoms with Crippen LogP contribution in [0.3, 0.4) is 0 Å². The van der Waals surface area contributed by atoms with E-state index in [0.717, 1.165) is 29.7 Å². The lowest BCUT2D eigenvalue weighted by atomic mass is 9.76. The summed E-state index contributed by atoms with van der Waals surface area (Å²) in [4.78, 5) is 18.1. The van der Waals surface area contributed by atoms with Crippen molar-refractivity contribution >= 4 is 6.21 Å². The molecule has 1 aliphatic heterocycles. The van der Waals surface area contributed by atoms with Gasteiger partial charge in [-0.3, -0.25) is 9.56 Å². The van der Waals surface area contributed by atoms with Crippen molar-refractivity contribution in [2.75, 3.05) is 0 Å². The number of rotatable bonds is 8. The van der Waals surface area contributed by atoms with Crippen LogP contribution in [0.15, 0.2) is 52.5 Å². The first-order valence-electron chi connectivity index (χ1n) is 11.7. The molecule has 1 atom stereocenters. The van der Waals surface area contributed by atoms with Crippen molar-refractivity contribution in [3.63, 3.8) is 0 Å². The van der Waals surface area contributed by atoms with Gasteiger partial charge in [0.1, 0.15) is 0 Å². The molecule has 12 nitrogen and oxygen atoms in total. The number of nitrogens with one attached hydrogen (secondary N) is 1. The Hall–Kier alpha value is -4.22. The summed E-state index contributed by atoms with van der Waals surface area (Å²) in [6, 6.07) is 8.08. The summed E-state index contributed by atoms with van der Waals surface area (Å²) in [5.41, 5.74) is 2.20. The van der Waals surface area contributed by atoms with E-state index in [0.29, 0.717) is 24.7 Å². The van der Waals surface area contributed by atoms with Crippen LogP contribution < -0.4 is 5.69 Å². The Morgan fingerprint density at radius 1 is 1.20 bits per heavy atom. The Morgan fingerprint density at radius 2 is 2.09 bits per heavy atom. The minimum Gasteiger partial charge on any atom is -0.295 e. The van der Waals surface area contributed by atoms with Gasteiger partial charge in [0.15, 0.2) is 5.82 Å². The molecule has 1 aliphatic rings. The predicted octanol–water partition coefficient (Wildman–Crippen LogP) is 2.27. The van der Waals surface area contributed by atoms with E-state index in [1.54, 1.807) is 15.4 Å². The Bertz CT molecular complexity index is 1420. The molecule has 0 radical (unpaired) electrons.